The third kappa shape index (κ3) is 8.62. The molecule has 1 heterocycles. The number of aliphatic imine (C=N–C) groups is 1. The molecule has 1 aliphatic heterocycles. The van der Waals surface area contributed by atoms with Crippen LogP contribution in [0.2, 0.25) is 0 Å². The first kappa shape index (κ1) is 24.6. The zero-order valence-electron chi connectivity index (χ0n) is 18.1. The maximum atomic E-state index is 5.64. The number of rotatable bonds is 8. The molecule has 2 N–H and O–H groups in total. The fraction of sp³-hybridized carbons (Fsp3) is 0.458. The van der Waals surface area contributed by atoms with Crippen LogP contribution in [-0.2, 0) is 24.2 Å². The third-order valence-corrected chi connectivity index (χ3v) is 5.04. The Bertz CT molecular complexity index is 769. The van der Waals surface area contributed by atoms with Gasteiger partial charge in [-0.25, -0.2) is 4.99 Å². The van der Waals surface area contributed by atoms with Crippen LogP contribution in [0.25, 0.3) is 0 Å². The van der Waals surface area contributed by atoms with Gasteiger partial charge < -0.3 is 15.4 Å². The second kappa shape index (κ2) is 13.6. The Morgan fingerprint density at radius 3 is 2.60 bits per heavy atom. The van der Waals surface area contributed by atoms with Crippen LogP contribution in [0.3, 0.4) is 0 Å². The van der Waals surface area contributed by atoms with E-state index in [0.29, 0.717) is 12.6 Å². The number of hydrogen-bond acceptors (Lipinski definition) is 3. The Balaban J connectivity index is 0.00000320. The van der Waals surface area contributed by atoms with E-state index in [4.69, 9.17) is 9.73 Å². The number of nitrogens with zero attached hydrogens (tertiary/aromatic N) is 2. The van der Waals surface area contributed by atoms with Gasteiger partial charge in [0.2, 0.25) is 0 Å². The first-order valence-electron chi connectivity index (χ1n) is 10.7. The highest BCUT2D eigenvalue weighted by atomic mass is 127. The molecule has 30 heavy (non-hydrogen) atoms. The van der Waals surface area contributed by atoms with E-state index in [2.05, 4.69) is 84.0 Å². The minimum Gasteiger partial charge on any atom is -0.376 e. The number of guanidine groups is 1. The molecule has 2 aromatic carbocycles. The molecule has 0 spiro atoms. The van der Waals surface area contributed by atoms with E-state index in [9.17, 15) is 0 Å². The molecule has 0 saturated carbocycles. The summed E-state index contributed by atoms with van der Waals surface area (Å²) in [5.41, 5.74) is 3.92. The molecule has 6 heteroatoms. The summed E-state index contributed by atoms with van der Waals surface area (Å²) in [6.07, 6.45) is 1.31. The topological polar surface area (TPSA) is 48.9 Å². The number of morpholine rings is 1. The van der Waals surface area contributed by atoms with Gasteiger partial charge in [-0.3, -0.25) is 4.90 Å². The monoisotopic (exact) mass is 522 g/mol. The zero-order chi connectivity index (χ0) is 20.3. The number of nitrogens with one attached hydrogen (secondary N) is 2. The lowest BCUT2D eigenvalue weighted by atomic mass is 10.1. The van der Waals surface area contributed by atoms with Gasteiger partial charge in [0, 0.05) is 32.7 Å². The second-order valence-corrected chi connectivity index (χ2v) is 7.59. The van der Waals surface area contributed by atoms with Crippen LogP contribution < -0.4 is 10.6 Å². The van der Waals surface area contributed by atoms with Gasteiger partial charge in [-0.05, 0) is 37.0 Å². The summed E-state index contributed by atoms with van der Waals surface area (Å²) >= 11 is 0. The van der Waals surface area contributed by atoms with Crippen LogP contribution in [-0.4, -0.2) is 49.7 Å². The second-order valence-electron chi connectivity index (χ2n) is 7.59. The van der Waals surface area contributed by atoms with Gasteiger partial charge in [0.25, 0.3) is 0 Å². The van der Waals surface area contributed by atoms with Gasteiger partial charge in [-0.15, -0.1) is 24.0 Å². The van der Waals surface area contributed by atoms with Crippen LogP contribution in [0.15, 0.2) is 59.6 Å². The largest absolute Gasteiger partial charge is 0.376 e. The van der Waals surface area contributed by atoms with E-state index in [1.807, 2.05) is 0 Å². The number of halogens is 1. The minimum atomic E-state index is 0. The maximum Gasteiger partial charge on any atom is 0.191 e. The van der Waals surface area contributed by atoms with Gasteiger partial charge >= 0.3 is 0 Å². The van der Waals surface area contributed by atoms with Crippen molar-refractivity contribution in [3.63, 3.8) is 0 Å². The number of ether oxygens (including phenoxy) is 1. The summed E-state index contributed by atoms with van der Waals surface area (Å²) < 4.78 is 5.64. The highest BCUT2D eigenvalue weighted by Crippen LogP contribution is 2.12. The van der Waals surface area contributed by atoms with Gasteiger partial charge in [-0.2, -0.15) is 0 Å². The molecule has 2 aromatic rings. The smallest absolute Gasteiger partial charge is 0.191 e. The van der Waals surface area contributed by atoms with Crippen molar-refractivity contribution in [2.45, 2.75) is 39.5 Å². The summed E-state index contributed by atoms with van der Waals surface area (Å²) in [7, 11) is 0. The van der Waals surface area contributed by atoms with Crippen LogP contribution in [0.1, 0.15) is 30.5 Å². The van der Waals surface area contributed by atoms with E-state index < -0.39 is 0 Å². The van der Waals surface area contributed by atoms with Crippen molar-refractivity contribution >= 4 is 29.9 Å². The van der Waals surface area contributed by atoms with Crippen LogP contribution in [0.4, 0.5) is 0 Å². The summed E-state index contributed by atoms with van der Waals surface area (Å²) in [4.78, 5) is 7.24. The summed E-state index contributed by atoms with van der Waals surface area (Å²) in [5, 5.41) is 6.78. The van der Waals surface area contributed by atoms with Gasteiger partial charge in [-0.1, -0.05) is 54.6 Å². The molecular formula is C24H35IN4O. The van der Waals surface area contributed by atoms with Gasteiger partial charge in [0.1, 0.15) is 0 Å². The molecule has 1 atom stereocenters. The third-order valence-electron chi connectivity index (χ3n) is 5.04. The molecule has 1 aliphatic rings. The van der Waals surface area contributed by atoms with Gasteiger partial charge in [0.15, 0.2) is 5.96 Å². The average molecular weight is 522 g/mol. The predicted octanol–water partition coefficient (Wildman–Crippen LogP) is 3.82. The highest BCUT2D eigenvalue weighted by Gasteiger charge is 2.16. The van der Waals surface area contributed by atoms with Crippen molar-refractivity contribution in [3.05, 3.63) is 71.3 Å². The normalized spacial score (nSPS) is 17.3. The van der Waals surface area contributed by atoms with E-state index in [1.54, 1.807) is 0 Å². The van der Waals surface area contributed by atoms with E-state index in [0.717, 1.165) is 51.7 Å². The molecule has 0 aromatic heterocycles. The molecule has 3 rings (SSSR count). The molecule has 1 fully saturated rings. The summed E-state index contributed by atoms with van der Waals surface area (Å²) in [6.45, 7) is 10.4. The Morgan fingerprint density at radius 1 is 1.07 bits per heavy atom. The summed E-state index contributed by atoms with van der Waals surface area (Å²) in [6, 6.07) is 19.3. The molecule has 0 radical (unpaired) electrons. The van der Waals surface area contributed by atoms with Crippen LogP contribution >= 0.6 is 24.0 Å². The highest BCUT2D eigenvalue weighted by molar-refractivity contribution is 14.0. The molecule has 5 nitrogen and oxygen atoms in total. The van der Waals surface area contributed by atoms with Gasteiger partial charge in [0.05, 0.1) is 19.3 Å². The Labute approximate surface area is 198 Å². The first-order valence-corrected chi connectivity index (χ1v) is 10.7. The van der Waals surface area contributed by atoms with Crippen LogP contribution in [0.5, 0.6) is 0 Å². The lowest BCUT2D eigenvalue weighted by Crippen LogP contribution is -2.40. The number of hydrogen-bond donors (Lipinski definition) is 2. The molecule has 164 valence electrons. The fourth-order valence-electron chi connectivity index (χ4n) is 3.60. The molecule has 1 saturated heterocycles. The Hall–Kier alpha value is -1.64. The SMILES string of the molecule is CCNC(=NCc1cccc(CN2CCOC(C)C2)c1)NCCc1ccccc1.I. The summed E-state index contributed by atoms with van der Waals surface area (Å²) in [5.74, 6) is 0.871. The van der Waals surface area contributed by atoms with Crippen molar-refractivity contribution < 1.29 is 4.74 Å². The molecular weight excluding hydrogens is 487 g/mol. The Morgan fingerprint density at radius 2 is 1.83 bits per heavy atom. The van der Waals surface area contributed by atoms with Crippen molar-refractivity contribution in [3.8, 4) is 0 Å². The minimum absolute atomic E-state index is 0. The van der Waals surface area contributed by atoms with Crippen LogP contribution in [0, 0.1) is 0 Å². The predicted molar refractivity (Wildman–Crippen MR) is 136 cm³/mol. The lowest BCUT2D eigenvalue weighted by molar-refractivity contribution is -0.0212. The van der Waals surface area contributed by atoms with Crippen molar-refractivity contribution in [2.24, 2.45) is 4.99 Å². The average Bonchev–Trinajstić information content (AvgIpc) is 2.73. The molecule has 0 amide bonds. The number of benzene rings is 2. The van der Waals surface area contributed by atoms with Crippen molar-refractivity contribution in [1.29, 1.82) is 0 Å². The zero-order valence-corrected chi connectivity index (χ0v) is 20.5. The molecule has 1 unspecified atom stereocenters. The standard InChI is InChI=1S/C24H34N4O.HI/c1-3-25-24(26-13-12-21-8-5-4-6-9-21)27-17-22-10-7-11-23(16-22)19-28-14-15-29-20(2)18-28;/h4-11,16,20H,3,12-15,17-19H2,1-2H3,(H2,25,26,27);1H. The maximum absolute atomic E-state index is 5.64. The first-order chi connectivity index (χ1) is 14.2. The Kier molecular flexibility index (Phi) is 11.2. The fourth-order valence-corrected chi connectivity index (χ4v) is 3.60. The molecule has 0 bridgehead atoms. The lowest BCUT2D eigenvalue weighted by Gasteiger charge is -2.31. The molecule has 0 aliphatic carbocycles. The van der Waals surface area contributed by atoms with E-state index in [-0.39, 0.29) is 24.0 Å². The van der Waals surface area contributed by atoms with E-state index in [1.165, 1.54) is 16.7 Å². The quantitative estimate of drug-likeness (QED) is 0.315. The van der Waals surface area contributed by atoms with Crippen molar-refractivity contribution in [2.75, 3.05) is 32.8 Å². The van der Waals surface area contributed by atoms with Crippen molar-refractivity contribution in [1.82, 2.24) is 15.5 Å². The van der Waals surface area contributed by atoms with E-state index >= 15 is 0 Å².